The Morgan fingerprint density at radius 1 is 1.65 bits per heavy atom. The number of carboxylic acids is 1. The lowest BCUT2D eigenvalue weighted by Crippen LogP contribution is -2.46. The molecule has 1 aromatic heterocycles. The van der Waals surface area contributed by atoms with Gasteiger partial charge in [0.2, 0.25) is 0 Å². The van der Waals surface area contributed by atoms with E-state index in [-0.39, 0.29) is 22.4 Å². The van der Waals surface area contributed by atoms with Gasteiger partial charge in [-0.25, -0.2) is 18.2 Å². The number of anilines is 1. The summed E-state index contributed by atoms with van der Waals surface area (Å²) >= 11 is 1.07. The standard InChI is InChI=1S/C9H12N2O4S2/c1-6-5-17(14,15)3-2-11(6)9-10-4-7(16-9)8(12)13/h4,6H,2-3,5H2,1H3,(H,12,13). The minimum absolute atomic E-state index is 0.0922. The number of rotatable bonds is 2. The lowest BCUT2D eigenvalue weighted by molar-refractivity contribution is 0.0702. The van der Waals surface area contributed by atoms with Crippen LogP contribution >= 0.6 is 11.3 Å². The number of aromatic carboxylic acids is 1. The smallest absolute Gasteiger partial charge is 0.347 e. The highest BCUT2D eigenvalue weighted by Gasteiger charge is 2.30. The summed E-state index contributed by atoms with van der Waals surface area (Å²) in [5.74, 6) is -0.820. The van der Waals surface area contributed by atoms with E-state index < -0.39 is 15.8 Å². The summed E-state index contributed by atoms with van der Waals surface area (Å²) in [6.45, 7) is 2.18. The van der Waals surface area contributed by atoms with Crippen LogP contribution in [0.5, 0.6) is 0 Å². The van der Waals surface area contributed by atoms with Gasteiger partial charge in [-0.1, -0.05) is 11.3 Å². The predicted molar refractivity (Wildman–Crippen MR) is 64.5 cm³/mol. The van der Waals surface area contributed by atoms with Crippen LogP contribution in [0.25, 0.3) is 0 Å². The third kappa shape index (κ3) is 2.58. The Balaban J connectivity index is 2.20. The molecule has 1 aliphatic rings. The SMILES string of the molecule is CC1CS(=O)(=O)CCN1c1ncc(C(=O)O)s1. The first kappa shape index (κ1) is 12.3. The molecule has 0 aliphatic carbocycles. The molecule has 1 N–H and O–H groups in total. The second-order valence-electron chi connectivity index (χ2n) is 3.97. The number of aromatic nitrogens is 1. The van der Waals surface area contributed by atoms with Crippen LogP contribution in [-0.2, 0) is 9.84 Å². The van der Waals surface area contributed by atoms with E-state index in [4.69, 9.17) is 5.11 Å². The number of thiazole rings is 1. The van der Waals surface area contributed by atoms with Crippen molar-refractivity contribution in [3.8, 4) is 0 Å². The van der Waals surface area contributed by atoms with Gasteiger partial charge in [0.25, 0.3) is 0 Å². The van der Waals surface area contributed by atoms with Crippen molar-refractivity contribution in [3.63, 3.8) is 0 Å². The first-order chi connectivity index (χ1) is 7.89. The predicted octanol–water partition coefficient (Wildman–Crippen LogP) is 0.465. The lowest BCUT2D eigenvalue weighted by atomic mass is 10.3. The van der Waals surface area contributed by atoms with E-state index in [1.54, 1.807) is 6.92 Å². The number of sulfone groups is 1. The van der Waals surface area contributed by atoms with E-state index in [2.05, 4.69) is 4.98 Å². The van der Waals surface area contributed by atoms with Crippen LogP contribution in [0.1, 0.15) is 16.6 Å². The van der Waals surface area contributed by atoms with Gasteiger partial charge in [-0.3, -0.25) is 0 Å². The Morgan fingerprint density at radius 2 is 2.35 bits per heavy atom. The number of nitrogens with zero attached hydrogens (tertiary/aromatic N) is 2. The quantitative estimate of drug-likeness (QED) is 0.844. The maximum absolute atomic E-state index is 11.4. The van der Waals surface area contributed by atoms with Crippen molar-refractivity contribution >= 4 is 32.3 Å². The Labute approximate surface area is 103 Å². The van der Waals surface area contributed by atoms with E-state index in [1.807, 2.05) is 4.90 Å². The third-order valence-electron chi connectivity index (χ3n) is 2.62. The van der Waals surface area contributed by atoms with Crippen LogP contribution in [0.2, 0.25) is 0 Å². The van der Waals surface area contributed by atoms with Crippen LogP contribution in [-0.4, -0.2) is 48.6 Å². The molecule has 0 saturated carbocycles. The highest BCUT2D eigenvalue weighted by atomic mass is 32.2. The molecule has 2 rings (SSSR count). The number of hydrogen-bond acceptors (Lipinski definition) is 6. The summed E-state index contributed by atoms with van der Waals surface area (Å²) in [5, 5.41) is 9.38. The van der Waals surface area contributed by atoms with Crippen LogP contribution in [0.3, 0.4) is 0 Å². The van der Waals surface area contributed by atoms with Gasteiger partial charge < -0.3 is 10.0 Å². The van der Waals surface area contributed by atoms with Crippen LogP contribution in [0, 0.1) is 0 Å². The van der Waals surface area contributed by atoms with Crippen molar-refractivity contribution in [2.45, 2.75) is 13.0 Å². The van der Waals surface area contributed by atoms with E-state index >= 15 is 0 Å². The molecule has 0 amide bonds. The van der Waals surface area contributed by atoms with E-state index in [0.29, 0.717) is 11.7 Å². The van der Waals surface area contributed by atoms with E-state index in [0.717, 1.165) is 11.3 Å². The zero-order chi connectivity index (χ0) is 12.6. The highest BCUT2D eigenvalue weighted by Crippen LogP contribution is 2.26. The molecule has 1 aromatic rings. The Kier molecular flexibility index (Phi) is 3.09. The van der Waals surface area contributed by atoms with Gasteiger partial charge in [-0.15, -0.1) is 0 Å². The zero-order valence-electron chi connectivity index (χ0n) is 9.16. The second kappa shape index (κ2) is 4.26. The Bertz CT molecular complexity index is 537. The molecule has 1 fully saturated rings. The molecule has 6 nitrogen and oxygen atoms in total. The molecule has 1 unspecified atom stereocenters. The van der Waals surface area contributed by atoms with E-state index in [1.165, 1.54) is 6.20 Å². The topological polar surface area (TPSA) is 87.6 Å². The molecule has 8 heteroatoms. The van der Waals surface area contributed by atoms with Gasteiger partial charge in [0, 0.05) is 12.6 Å². The van der Waals surface area contributed by atoms with Crippen LogP contribution in [0.4, 0.5) is 5.13 Å². The molecule has 94 valence electrons. The summed E-state index contributed by atoms with van der Waals surface area (Å²) in [4.78, 5) is 16.8. The zero-order valence-corrected chi connectivity index (χ0v) is 10.8. The number of carboxylic acid groups (broad SMARTS) is 1. The lowest BCUT2D eigenvalue weighted by Gasteiger charge is -2.32. The first-order valence-corrected chi connectivity index (χ1v) is 7.69. The molecule has 0 bridgehead atoms. The molecule has 17 heavy (non-hydrogen) atoms. The van der Waals surface area contributed by atoms with Crippen molar-refractivity contribution in [2.24, 2.45) is 0 Å². The molecule has 0 aromatic carbocycles. The highest BCUT2D eigenvalue weighted by molar-refractivity contribution is 7.91. The molecule has 0 spiro atoms. The average molecular weight is 276 g/mol. The minimum atomic E-state index is -2.96. The molecule has 1 aliphatic heterocycles. The number of carbonyl (C=O) groups is 1. The van der Waals surface area contributed by atoms with Crippen LogP contribution in [0.15, 0.2) is 6.20 Å². The third-order valence-corrected chi connectivity index (χ3v) is 5.44. The molecular weight excluding hydrogens is 264 g/mol. The number of hydrogen-bond donors (Lipinski definition) is 1. The molecule has 1 atom stereocenters. The maximum Gasteiger partial charge on any atom is 0.347 e. The molecule has 1 saturated heterocycles. The molecule has 2 heterocycles. The van der Waals surface area contributed by atoms with E-state index in [9.17, 15) is 13.2 Å². The van der Waals surface area contributed by atoms with Gasteiger partial charge in [-0.2, -0.15) is 0 Å². The fourth-order valence-corrected chi connectivity index (χ4v) is 4.22. The summed E-state index contributed by atoms with van der Waals surface area (Å²) < 4.78 is 22.8. The van der Waals surface area contributed by atoms with Gasteiger partial charge in [-0.05, 0) is 6.92 Å². The molecule has 0 radical (unpaired) electrons. The Morgan fingerprint density at radius 3 is 2.88 bits per heavy atom. The first-order valence-electron chi connectivity index (χ1n) is 5.05. The second-order valence-corrected chi connectivity index (χ2v) is 7.21. The summed E-state index contributed by atoms with van der Waals surface area (Å²) in [7, 11) is -2.96. The summed E-state index contributed by atoms with van der Waals surface area (Å²) in [6, 6.07) is -0.165. The van der Waals surface area contributed by atoms with Crippen molar-refractivity contribution in [1.82, 2.24) is 4.98 Å². The fourth-order valence-electron chi connectivity index (χ4n) is 1.78. The van der Waals surface area contributed by atoms with Gasteiger partial charge in [0.1, 0.15) is 4.88 Å². The van der Waals surface area contributed by atoms with Crippen LogP contribution < -0.4 is 4.90 Å². The van der Waals surface area contributed by atoms with Crippen molar-refractivity contribution in [2.75, 3.05) is 23.0 Å². The monoisotopic (exact) mass is 276 g/mol. The summed E-state index contributed by atoms with van der Waals surface area (Å²) in [6.07, 6.45) is 1.30. The van der Waals surface area contributed by atoms with Crippen molar-refractivity contribution < 1.29 is 18.3 Å². The van der Waals surface area contributed by atoms with Gasteiger partial charge >= 0.3 is 5.97 Å². The average Bonchev–Trinajstić information content (AvgIpc) is 2.65. The van der Waals surface area contributed by atoms with Gasteiger partial charge in [0.15, 0.2) is 15.0 Å². The van der Waals surface area contributed by atoms with Gasteiger partial charge in [0.05, 0.1) is 17.7 Å². The largest absolute Gasteiger partial charge is 0.477 e. The Hall–Kier alpha value is -1.15. The van der Waals surface area contributed by atoms with Crippen molar-refractivity contribution in [3.05, 3.63) is 11.1 Å². The maximum atomic E-state index is 11.4. The summed E-state index contributed by atoms with van der Waals surface area (Å²) in [5.41, 5.74) is 0. The fraction of sp³-hybridized carbons (Fsp3) is 0.556. The molecular formula is C9H12N2O4S2. The normalized spacial score (nSPS) is 23.6. The van der Waals surface area contributed by atoms with Crippen molar-refractivity contribution in [1.29, 1.82) is 0 Å². The minimum Gasteiger partial charge on any atom is -0.477 e.